The first-order valence-corrected chi connectivity index (χ1v) is 9.11. The highest BCUT2D eigenvalue weighted by atomic mass is 35.5. The third kappa shape index (κ3) is 6.25. The number of hydrogen-bond acceptors (Lipinski definition) is 4. The number of nitrogens with two attached hydrogens (primary N) is 1. The minimum Gasteiger partial charge on any atom is -0.494 e. The Morgan fingerprint density at radius 3 is 2.52 bits per heavy atom. The summed E-state index contributed by atoms with van der Waals surface area (Å²) in [5.41, 5.74) is 7.97. The van der Waals surface area contributed by atoms with E-state index in [4.69, 9.17) is 31.5 Å². The highest BCUT2D eigenvalue weighted by Gasteiger charge is 2.06. The van der Waals surface area contributed by atoms with Gasteiger partial charge in [-0.25, -0.2) is 4.99 Å². The van der Waals surface area contributed by atoms with Crippen molar-refractivity contribution in [1.29, 1.82) is 0 Å². The van der Waals surface area contributed by atoms with Crippen molar-refractivity contribution in [2.75, 3.05) is 27.4 Å². The Morgan fingerprint density at radius 1 is 1.07 bits per heavy atom. The molecular weight excluding hydrogens is 366 g/mol. The first-order chi connectivity index (χ1) is 13.1. The molecule has 2 aromatic rings. The lowest BCUT2D eigenvalue weighted by Gasteiger charge is -2.12. The standard InChI is InChI=1S/C20H26ClN3O3/c1-4-27-17-8-6-16(21)12-15(17)9-10-23-20(22)24-13-14-5-7-18(25-2)19(11-14)26-3/h5-8,11-12H,4,9-10,13H2,1-3H3,(H3,22,23,24). The molecule has 27 heavy (non-hydrogen) atoms. The monoisotopic (exact) mass is 391 g/mol. The number of hydrogen-bond donors (Lipinski definition) is 2. The maximum Gasteiger partial charge on any atom is 0.188 e. The Labute approximate surface area is 165 Å². The quantitative estimate of drug-likeness (QED) is 0.506. The van der Waals surface area contributed by atoms with E-state index >= 15 is 0 Å². The fourth-order valence-electron chi connectivity index (χ4n) is 2.58. The van der Waals surface area contributed by atoms with E-state index in [9.17, 15) is 0 Å². The van der Waals surface area contributed by atoms with E-state index in [1.807, 2.05) is 43.3 Å². The van der Waals surface area contributed by atoms with Crippen molar-refractivity contribution in [2.45, 2.75) is 19.9 Å². The summed E-state index contributed by atoms with van der Waals surface area (Å²) >= 11 is 6.08. The number of aliphatic imine (C=N–C) groups is 1. The summed E-state index contributed by atoms with van der Waals surface area (Å²) in [6.45, 7) is 3.63. The fourth-order valence-corrected chi connectivity index (χ4v) is 2.77. The van der Waals surface area contributed by atoms with E-state index in [1.54, 1.807) is 14.2 Å². The van der Waals surface area contributed by atoms with Gasteiger partial charge in [0.2, 0.25) is 0 Å². The van der Waals surface area contributed by atoms with Gasteiger partial charge < -0.3 is 25.3 Å². The van der Waals surface area contributed by atoms with Crippen molar-refractivity contribution in [3.05, 3.63) is 52.5 Å². The van der Waals surface area contributed by atoms with Gasteiger partial charge in [-0.2, -0.15) is 0 Å². The number of methoxy groups -OCH3 is 2. The van der Waals surface area contributed by atoms with Crippen LogP contribution in [0.15, 0.2) is 41.4 Å². The zero-order valence-electron chi connectivity index (χ0n) is 15.9. The molecule has 7 heteroatoms. The van der Waals surface area contributed by atoms with E-state index in [2.05, 4.69) is 10.3 Å². The average molecular weight is 392 g/mol. The van der Waals surface area contributed by atoms with Crippen molar-refractivity contribution < 1.29 is 14.2 Å². The van der Waals surface area contributed by atoms with Crippen molar-refractivity contribution in [3.8, 4) is 17.2 Å². The third-order valence-electron chi connectivity index (χ3n) is 3.90. The summed E-state index contributed by atoms with van der Waals surface area (Å²) in [5.74, 6) is 2.57. The van der Waals surface area contributed by atoms with Gasteiger partial charge in [-0.15, -0.1) is 0 Å². The SMILES string of the molecule is CCOc1ccc(Cl)cc1CCNC(N)=NCc1ccc(OC)c(OC)c1. The maximum atomic E-state index is 6.08. The van der Waals surface area contributed by atoms with Crippen LogP contribution in [-0.4, -0.2) is 33.3 Å². The van der Waals surface area contributed by atoms with E-state index in [-0.39, 0.29) is 0 Å². The van der Waals surface area contributed by atoms with Gasteiger partial charge >= 0.3 is 0 Å². The molecule has 0 amide bonds. The van der Waals surface area contributed by atoms with Crippen LogP contribution in [0.5, 0.6) is 17.2 Å². The molecule has 0 saturated carbocycles. The second-order valence-electron chi connectivity index (χ2n) is 5.75. The van der Waals surface area contributed by atoms with Crippen molar-refractivity contribution in [2.24, 2.45) is 10.7 Å². The second-order valence-corrected chi connectivity index (χ2v) is 6.19. The Hall–Kier alpha value is -2.60. The van der Waals surface area contributed by atoms with Crippen molar-refractivity contribution >= 4 is 17.6 Å². The molecule has 0 saturated heterocycles. The average Bonchev–Trinajstić information content (AvgIpc) is 2.68. The second kappa shape index (κ2) is 10.5. The van der Waals surface area contributed by atoms with Crippen LogP contribution in [0.3, 0.4) is 0 Å². The van der Waals surface area contributed by atoms with Gasteiger partial charge in [0.15, 0.2) is 17.5 Å². The van der Waals surface area contributed by atoms with Crippen molar-refractivity contribution in [1.82, 2.24) is 5.32 Å². The Bertz CT molecular complexity index is 781. The number of rotatable bonds is 9. The number of ether oxygens (including phenoxy) is 3. The smallest absolute Gasteiger partial charge is 0.188 e. The van der Waals surface area contributed by atoms with Crippen LogP contribution in [0.25, 0.3) is 0 Å². The van der Waals surface area contributed by atoms with Crippen LogP contribution >= 0.6 is 11.6 Å². The van der Waals surface area contributed by atoms with Crippen LogP contribution < -0.4 is 25.3 Å². The van der Waals surface area contributed by atoms with Gasteiger partial charge in [-0.3, -0.25) is 0 Å². The number of nitrogens with one attached hydrogen (secondary N) is 1. The Balaban J connectivity index is 1.90. The molecule has 0 fully saturated rings. The van der Waals surface area contributed by atoms with Gasteiger partial charge in [0.1, 0.15) is 5.75 Å². The van der Waals surface area contributed by atoms with E-state index in [0.29, 0.717) is 42.2 Å². The summed E-state index contributed by atoms with van der Waals surface area (Å²) in [4.78, 5) is 4.36. The van der Waals surface area contributed by atoms with E-state index in [1.165, 1.54) is 0 Å². The maximum absolute atomic E-state index is 6.08. The molecule has 0 aliphatic rings. The topological polar surface area (TPSA) is 78.1 Å². The minimum atomic E-state index is 0.379. The first-order valence-electron chi connectivity index (χ1n) is 8.73. The summed E-state index contributed by atoms with van der Waals surface area (Å²) in [6, 6.07) is 11.3. The molecule has 0 spiro atoms. The molecule has 2 aromatic carbocycles. The number of guanidine groups is 1. The normalized spacial score (nSPS) is 11.2. The zero-order chi connectivity index (χ0) is 19.6. The lowest BCUT2D eigenvalue weighted by atomic mass is 10.1. The molecule has 6 nitrogen and oxygen atoms in total. The molecule has 146 valence electrons. The molecule has 0 radical (unpaired) electrons. The fraction of sp³-hybridized carbons (Fsp3) is 0.350. The molecule has 0 atom stereocenters. The van der Waals surface area contributed by atoms with Crippen LogP contribution in [0, 0.1) is 0 Å². The minimum absolute atomic E-state index is 0.379. The Morgan fingerprint density at radius 2 is 1.81 bits per heavy atom. The molecule has 0 aliphatic heterocycles. The molecule has 0 unspecified atom stereocenters. The molecule has 0 bridgehead atoms. The summed E-state index contributed by atoms with van der Waals surface area (Å²) in [7, 11) is 3.21. The largest absolute Gasteiger partial charge is 0.494 e. The molecule has 0 heterocycles. The Kier molecular flexibility index (Phi) is 8.07. The van der Waals surface area contributed by atoms with Crippen molar-refractivity contribution in [3.63, 3.8) is 0 Å². The summed E-state index contributed by atoms with van der Waals surface area (Å²) in [6.07, 6.45) is 0.725. The molecule has 3 N–H and O–H groups in total. The van der Waals surface area contributed by atoms with Gasteiger partial charge in [0.05, 0.1) is 27.4 Å². The number of benzene rings is 2. The number of halogens is 1. The van der Waals surface area contributed by atoms with Crippen LogP contribution in [-0.2, 0) is 13.0 Å². The van der Waals surface area contributed by atoms with Gasteiger partial charge in [-0.05, 0) is 54.8 Å². The predicted molar refractivity (Wildman–Crippen MR) is 109 cm³/mol. The first kappa shape index (κ1) is 20.7. The zero-order valence-corrected chi connectivity index (χ0v) is 16.7. The molecular formula is C20H26ClN3O3. The molecule has 0 aliphatic carbocycles. The summed E-state index contributed by atoms with van der Waals surface area (Å²) < 4.78 is 16.2. The van der Waals surface area contributed by atoms with Gasteiger partial charge in [-0.1, -0.05) is 17.7 Å². The van der Waals surface area contributed by atoms with E-state index < -0.39 is 0 Å². The van der Waals surface area contributed by atoms with Gasteiger partial charge in [0.25, 0.3) is 0 Å². The van der Waals surface area contributed by atoms with Gasteiger partial charge in [0, 0.05) is 11.6 Å². The lowest BCUT2D eigenvalue weighted by molar-refractivity contribution is 0.336. The lowest BCUT2D eigenvalue weighted by Crippen LogP contribution is -2.33. The van der Waals surface area contributed by atoms with Crippen LogP contribution in [0.4, 0.5) is 0 Å². The highest BCUT2D eigenvalue weighted by molar-refractivity contribution is 6.30. The van der Waals surface area contributed by atoms with Crippen LogP contribution in [0.1, 0.15) is 18.1 Å². The predicted octanol–water partition coefficient (Wildman–Crippen LogP) is 3.40. The third-order valence-corrected chi connectivity index (χ3v) is 4.14. The van der Waals surface area contributed by atoms with Crippen LogP contribution in [0.2, 0.25) is 5.02 Å². The highest BCUT2D eigenvalue weighted by Crippen LogP contribution is 2.27. The number of nitrogens with zero attached hydrogens (tertiary/aromatic N) is 1. The summed E-state index contributed by atoms with van der Waals surface area (Å²) in [5, 5.41) is 3.80. The molecule has 2 rings (SSSR count). The molecule has 0 aromatic heterocycles. The van der Waals surface area contributed by atoms with E-state index in [0.717, 1.165) is 23.3 Å².